The maximum Gasteiger partial charge on any atom is 0.408 e. The monoisotopic (exact) mass is 353 g/mol. The quantitative estimate of drug-likeness (QED) is 0.559. The zero-order valence-electron chi connectivity index (χ0n) is 10.4. The number of nitrogens with zero attached hydrogens (tertiary/aromatic N) is 1. The molecule has 110 valence electrons. The lowest BCUT2D eigenvalue weighted by Crippen LogP contribution is -2.48. The summed E-state index contributed by atoms with van der Waals surface area (Å²) in [6, 6.07) is 2.05. The van der Waals surface area contributed by atoms with Crippen LogP contribution in [0.5, 0.6) is 0 Å². The second-order valence-corrected chi connectivity index (χ2v) is 5.23. The molecule has 0 aliphatic carbocycles. The van der Waals surface area contributed by atoms with Gasteiger partial charge in [0.15, 0.2) is 0 Å². The molecule has 7 heteroatoms. The zero-order chi connectivity index (χ0) is 14.9. The van der Waals surface area contributed by atoms with E-state index in [1.165, 1.54) is 18.2 Å². The Hall–Kier alpha value is -1.11. The van der Waals surface area contributed by atoms with Gasteiger partial charge in [-0.25, -0.2) is 4.39 Å². The van der Waals surface area contributed by atoms with Crippen molar-refractivity contribution in [2.24, 2.45) is 0 Å². The van der Waals surface area contributed by atoms with Gasteiger partial charge < -0.3 is 4.90 Å². The number of benzene rings is 1. The highest BCUT2D eigenvalue weighted by Gasteiger charge is 2.45. The summed E-state index contributed by atoms with van der Waals surface area (Å²) < 4.78 is 52.4. The number of hydrogen-bond acceptors (Lipinski definition) is 1. The zero-order valence-corrected chi connectivity index (χ0v) is 12.0. The minimum absolute atomic E-state index is 0.101. The van der Waals surface area contributed by atoms with Crippen molar-refractivity contribution in [3.8, 4) is 0 Å². The first kappa shape index (κ1) is 15.3. The fraction of sp³-hybridized carbons (Fsp3) is 0.462. The van der Waals surface area contributed by atoms with E-state index in [9.17, 15) is 22.4 Å². The summed E-state index contributed by atoms with van der Waals surface area (Å²) in [7, 11) is 0. The van der Waals surface area contributed by atoms with Gasteiger partial charge in [-0.2, -0.15) is 13.2 Å². The minimum atomic E-state index is -4.49. The molecule has 2 nitrogen and oxygen atoms in total. The fourth-order valence-corrected chi connectivity index (χ4v) is 2.72. The number of aryl methyl sites for hydroxylation is 1. The predicted molar refractivity (Wildman–Crippen MR) is 68.9 cm³/mol. The lowest BCUT2D eigenvalue weighted by atomic mass is 10.0. The maximum absolute atomic E-state index is 13.2. The largest absolute Gasteiger partial charge is 0.408 e. The number of halogens is 5. The molecule has 0 bridgehead atoms. The number of hydrogen-bond donors (Lipinski definition) is 0. The highest BCUT2D eigenvalue weighted by molar-refractivity contribution is 9.09. The van der Waals surface area contributed by atoms with E-state index < -0.39 is 23.9 Å². The molecular weight excluding hydrogens is 342 g/mol. The molecule has 2 rings (SSSR count). The van der Waals surface area contributed by atoms with Crippen LogP contribution >= 0.6 is 15.9 Å². The third-order valence-electron chi connectivity index (χ3n) is 3.38. The number of carbonyl (C=O) groups excluding carboxylic acids is 1. The van der Waals surface area contributed by atoms with Crippen molar-refractivity contribution >= 4 is 21.8 Å². The Kier molecular flexibility index (Phi) is 4.36. The van der Waals surface area contributed by atoms with Gasteiger partial charge in [-0.3, -0.25) is 4.79 Å². The smallest absolute Gasteiger partial charge is 0.326 e. The average molecular weight is 354 g/mol. The lowest BCUT2D eigenvalue weighted by molar-refractivity contribution is -0.190. The van der Waals surface area contributed by atoms with Crippen molar-refractivity contribution in [2.45, 2.75) is 31.6 Å². The van der Waals surface area contributed by atoms with Crippen LogP contribution in [0.15, 0.2) is 18.2 Å². The van der Waals surface area contributed by atoms with Crippen molar-refractivity contribution in [3.05, 3.63) is 35.1 Å². The first-order valence-electron chi connectivity index (χ1n) is 6.02. The van der Waals surface area contributed by atoms with E-state index in [0.717, 1.165) is 4.90 Å². The van der Waals surface area contributed by atoms with E-state index in [1.54, 1.807) is 0 Å². The number of carbonyl (C=O) groups is 1. The van der Waals surface area contributed by atoms with Gasteiger partial charge in [0.05, 0.1) is 5.33 Å². The van der Waals surface area contributed by atoms with Gasteiger partial charge in [-0.1, -0.05) is 22.0 Å². The van der Waals surface area contributed by atoms with Crippen LogP contribution in [0.2, 0.25) is 0 Å². The van der Waals surface area contributed by atoms with E-state index in [0.29, 0.717) is 11.1 Å². The summed E-state index contributed by atoms with van der Waals surface area (Å²) in [6.07, 6.45) is -4.64. The molecule has 1 atom stereocenters. The Morgan fingerprint density at radius 3 is 2.65 bits per heavy atom. The Labute approximate surface area is 121 Å². The fourth-order valence-electron chi connectivity index (χ4n) is 2.40. The molecule has 0 fully saturated rings. The van der Waals surface area contributed by atoms with Crippen LogP contribution in [0.4, 0.5) is 17.6 Å². The maximum atomic E-state index is 13.2. The van der Waals surface area contributed by atoms with Crippen LogP contribution < -0.4 is 0 Å². The average Bonchev–Trinajstić information content (AvgIpc) is 2.56. The molecule has 1 aliphatic heterocycles. The summed E-state index contributed by atoms with van der Waals surface area (Å²) in [5, 5.41) is -0.171. The molecule has 0 spiro atoms. The molecule has 0 saturated carbocycles. The number of rotatable bonds is 1. The van der Waals surface area contributed by atoms with Gasteiger partial charge in [0, 0.05) is 6.54 Å². The Balaban J connectivity index is 2.39. The molecule has 1 aliphatic rings. The molecule has 1 amide bonds. The van der Waals surface area contributed by atoms with Crippen LogP contribution in [0, 0.1) is 5.82 Å². The van der Waals surface area contributed by atoms with E-state index >= 15 is 0 Å². The van der Waals surface area contributed by atoms with Crippen LogP contribution in [0.1, 0.15) is 17.5 Å². The first-order valence-corrected chi connectivity index (χ1v) is 7.14. The molecule has 1 unspecified atom stereocenters. The van der Waals surface area contributed by atoms with Crippen molar-refractivity contribution < 1.29 is 22.4 Å². The Morgan fingerprint density at radius 1 is 1.35 bits per heavy atom. The summed E-state index contributed by atoms with van der Waals surface area (Å²) in [6.45, 7) is -0.149. The van der Waals surface area contributed by atoms with E-state index in [-0.39, 0.29) is 24.7 Å². The molecule has 0 saturated heterocycles. The van der Waals surface area contributed by atoms with Crippen LogP contribution in [-0.2, 0) is 17.8 Å². The van der Waals surface area contributed by atoms with Gasteiger partial charge in [-0.05, 0) is 36.1 Å². The van der Waals surface area contributed by atoms with E-state index in [4.69, 9.17) is 0 Å². The second-order valence-electron chi connectivity index (χ2n) is 4.66. The summed E-state index contributed by atoms with van der Waals surface area (Å²) in [5.41, 5.74) is 1.09. The lowest BCUT2D eigenvalue weighted by Gasteiger charge is -2.31. The molecule has 1 aromatic rings. The normalized spacial score (nSPS) is 19.4. The number of alkyl halides is 4. The molecule has 0 radical (unpaired) electrons. The summed E-state index contributed by atoms with van der Waals surface area (Å²) in [4.78, 5) is 12.6. The molecule has 20 heavy (non-hydrogen) atoms. The topological polar surface area (TPSA) is 20.3 Å². The van der Waals surface area contributed by atoms with E-state index in [2.05, 4.69) is 15.9 Å². The van der Waals surface area contributed by atoms with Crippen molar-refractivity contribution in [1.29, 1.82) is 0 Å². The summed E-state index contributed by atoms with van der Waals surface area (Å²) >= 11 is 2.90. The first-order chi connectivity index (χ1) is 9.32. The molecule has 0 aromatic heterocycles. The minimum Gasteiger partial charge on any atom is -0.326 e. The van der Waals surface area contributed by atoms with Crippen LogP contribution in [0.3, 0.4) is 0 Å². The highest BCUT2D eigenvalue weighted by Crippen LogP contribution is 2.33. The van der Waals surface area contributed by atoms with Gasteiger partial charge in [0.25, 0.3) is 0 Å². The number of fused-ring (bicyclic) bond motifs is 1. The molecule has 1 aromatic carbocycles. The Morgan fingerprint density at radius 2 is 2.05 bits per heavy atom. The third-order valence-corrected chi connectivity index (χ3v) is 3.86. The van der Waals surface area contributed by atoms with Crippen molar-refractivity contribution in [3.63, 3.8) is 0 Å². The molecule has 1 heterocycles. The molecule has 0 N–H and O–H groups in total. The third kappa shape index (κ3) is 3.13. The SMILES string of the molecule is O=C(CBr)N1Cc2ccc(F)cc2CCC1C(F)(F)F. The van der Waals surface area contributed by atoms with Crippen molar-refractivity contribution in [1.82, 2.24) is 4.90 Å². The van der Waals surface area contributed by atoms with Crippen LogP contribution in [-0.4, -0.2) is 28.4 Å². The standard InChI is InChI=1S/C13H12BrF4NO/c14-6-12(20)19-7-9-1-3-10(15)5-8(9)2-4-11(19)13(16,17)18/h1,3,5,11H,2,4,6-7H2. The molecular formula is C13H12BrF4NO. The number of amides is 1. The van der Waals surface area contributed by atoms with Crippen LogP contribution in [0.25, 0.3) is 0 Å². The van der Waals surface area contributed by atoms with Gasteiger partial charge in [0.2, 0.25) is 5.91 Å². The van der Waals surface area contributed by atoms with Crippen molar-refractivity contribution in [2.75, 3.05) is 5.33 Å². The second kappa shape index (κ2) is 5.71. The predicted octanol–water partition coefficient (Wildman–Crippen LogP) is 3.43. The van der Waals surface area contributed by atoms with E-state index in [1.807, 2.05) is 0 Å². The van der Waals surface area contributed by atoms with Gasteiger partial charge >= 0.3 is 6.18 Å². The van der Waals surface area contributed by atoms with Gasteiger partial charge in [0.1, 0.15) is 11.9 Å². The summed E-state index contributed by atoms with van der Waals surface area (Å²) in [5.74, 6) is -1.10. The van der Waals surface area contributed by atoms with Gasteiger partial charge in [-0.15, -0.1) is 0 Å². The highest BCUT2D eigenvalue weighted by atomic mass is 79.9. The Bertz CT molecular complexity index is 518.